The van der Waals surface area contributed by atoms with E-state index in [4.69, 9.17) is 9.16 Å². The van der Waals surface area contributed by atoms with E-state index in [1.807, 2.05) is 0 Å². The molecule has 0 N–H and O–H groups in total. The number of nitrogens with zero attached hydrogens (tertiary/aromatic N) is 1. The number of ether oxygens (including phenoxy) is 1. The summed E-state index contributed by atoms with van der Waals surface area (Å²) >= 11 is 0. The van der Waals surface area contributed by atoms with Crippen LogP contribution in [-0.4, -0.2) is 51.7 Å². The summed E-state index contributed by atoms with van der Waals surface area (Å²) in [5.74, 6) is 0. The van der Waals surface area contributed by atoms with Crippen molar-refractivity contribution in [2.75, 3.05) is 26.3 Å². The summed E-state index contributed by atoms with van der Waals surface area (Å²) in [4.78, 5) is 2.56. The highest BCUT2D eigenvalue weighted by Crippen LogP contribution is 2.39. The van der Waals surface area contributed by atoms with Gasteiger partial charge in [-0.05, 0) is 21.8 Å². The molecule has 2 aromatic rings. The van der Waals surface area contributed by atoms with Crippen molar-refractivity contribution in [3.8, 4) is 0 Å². The second-order valence-corrected chi connectivity index (χ2v) is 13.1. The molecule has 0 saturated carbocycles. The van der Waals surface area contributed by atoms with Crippen LogP contribution in [0.5, 0.6) is 0 Å². The Labute approximate surface area is 164 Å². The Hall–Kier alpha value is -1.46. The fraction of sp³-hybridized carbons (Fsp3) is 0.478. The molecule has 0 radical (unpaired) electrons. The van der Waals surface area contributed by atoms with Crippen LogP contribution in [0.15, 0.2) is 60.7 Å². The van der Waals surface area contributed by atoms with Crippen molar-refractivity contribution < 1.29 is 9.16 Å². The van der Waals surface area contributed by atoms with Crippen LogP contribution in [0, 0.1) is 0 Å². The average molecular weight is 382 g/mol. The summed E-state index contributed by atoms with van der Waals surface area (Å²) in [6.45, 7) is 10.8. The van der Waals surface area contributed by atoms with E-state index in [1.165, 1.54) is 10.4 Å². The standard InChI is InChI=1S/C23H31NO2Si/c1-23(2,3)27(21-10-6-4-7-11-21,22-12-8-5-9-13-22)26-20-16-19-18-25-15-14-24(19)17-20/h4-13,19-20H,14-18H2,1-3H3/t19-,20-/m1/s1. The summed E-state index contributed by atoms with van der Waals surface area (Å²) in [5.41, 5.74) is 0. The molecule has 3 nitrogen and oxygen atoms in total. The van der Waals surface area contributed by atoms with Gasteiger partial charge in [0.05, 0.1) is 19.3 Å². The average Bonchev–Trinajstić information content (AvgIpc) is 3.09. The molecule has 0 spiro atoms. The first kappa shape index (κ1) is 18.9. The molecule has 2 aliphatic heterocycles. The monoisotopic (exact) mass is 381 g/mol. The van der Waals surface area contributed by atoms with Crippen molar-refractivity contribution in [1.29, 1.82) is 0 Å². The maximum absolute atomic E-state index is 7.27. The quantitative estimate of drug-likeness (QED) is 0.760. The Morgan fingerprint density at radius 1 is 0.963 bits per heavy atom. The van der Waals surface area contributed by atoms with Gasteiger partial charge in [-0.1, -0.05) is 81.4 Å². The Kier molecular flexibility index (Phi) is 5.25. The summed E-state index contributed by atoms with van der Waals surface area (Å²) < 4.78 is 13.0. The summed E-state index contributed by atoms with van der Waals surface area (Å²) in [6.07, 6.45) is 1.34. The molecular weight excluding hydrogens is 350 g/mol. The van der Waals surface area contributed by atoms with Crippen molar-refractivity contribution in [1.82, 2.24) is 4.90 Å². The summed E-state index contributed by atoms with van der Waals surface area (Å²) in [6, 6.07) is 22.4. The molecule has 4 heteroatoms. The highest BCUT2D eigenvalue weighted by molar-refractivity contribution is 6.99. The maximum Gasteiger partial charge on any atom is 0.261 e. The van der Waals surface area contributed by atoms with Crippen LogP contribution in [0.1, 0.15) is 27.2 Å². The summed E-state index contributed by atoms with van der Waals surface area (Å²) in [5, 5.41) is 2.77. The van der Waals surface area contributed by atoms with Gasteiger partial charge in [0, 0.05) is 19.1 Å². The Morgan fingerprint density at radius 2 is 1.56 bits per heavy atom. The van der Waals surface area contributed by atoms with E-state index in [0.717, 1.165) is 32.7 Å². The first-order valence-corrected chi connectivity index (χ1v) is 12.0. The third-order valence-electron chi connectivity index (χ3n) is 6.08. The number of rotatable bonds is 4. The molecule has 2 aliphatic rings. The van der Waals surface area contributed by atoms with E-state index in [0.29, 0.717) is 6.04 Å². The molecule has 0 amide bonds. The smallest absolute Gasteiger partial charge is 0.261 e. The second-order valence-electron chi connectivity index (χ2n) is 8.86. The lowest BCUT2D eigenvalue weighted by Gasteiger charge is -2.44. The van der Waals surface area contributed by atoms with E-state index >= 15 is 0 Å². The lowest BCUT2D eigenvalue weighted by atomic mass is 10.2. The minimum absolute atomic E-state index is 0.0370. The van der Waals surface area contributed by atoms with E-state index in [9.17, 15) is 0 Å². The molecule has 0 bridgehead atoms. The summed E-state index contributed by atoms with van der Waals surface area (Å²) in [7, 11) is -2.45. The van der Waals surface area contributed by atoms with Crippen LogP contribution >= 0.6 is 0 Å². The zero-order chi connectivity index (χ0) is 18.9. The minimum Gasteiger partial charge on any atom is -0.403 e. The number of benzene rings is 2. The van der Waals surface area contributed by atoms with Gasteiger partial charge in [-0.3, -0.25) is 4.90 Å². The highest BCUT2D eigenvalue weighted by Gasteiger charge is 2.52. The normalized spacial score (nSPS) is 24.0. The van der Waals surface area contributed by atoms with Crippen molar-refractivity contribution >= 4 is 18.7 Å². The van der Waals surface area contributed by atoms with Gasteiger partial charge < -0.3 is 9.16 Å². The number of hydrogen-bond donors (Lipinski definition) is 0. The van der Waals surface area contributed by atoms with E-state index in [2.05, 4.69) is 86.3 Å². The zero-order valence-corrected chi connectivity index (χ0v) is 17.7. The largest absolute Gasteiger partial charge is 0.403 e. The second kappa shape index (κ2) is 7.51. The van der Waals surface area contributed by atoms with Crippen molar-refractivity contribution in [3.63, 3.8) is 0 Å². The van der Waals surface area contributed by atoms with Crippen LogP contribution in [0.2, 0.25) is 5.04 Å². The molecule has 144 valence electrons. The molecule has 2 atom stereocenters. The molecule has 2 saturated heterocycles. The van der Waals surface area contributed by atoms with E-state index < -0.39 is 8.32 Å². The molecule has 0 aliphatic carbocycles. The van der Waals surface area contributed by atoms with Crippen LogP contribution in [-0.2, 0) is 9.16 Å². The van der Waals surface area contributed by atoms with Crippen LogP contribution < -0.4 is 10.4 Å². The minimum atomic E-state index is -2.45. The Balaban J connectivity index is 1.76. The SMILES string of the molecule is CC(C)(C)[Si](O[C@@H]1C[C@@H]2COCCN2C1)(c1ccccc1)c1ccccc1. The molecular formula is C23H31NO2Si. The topological polar surface area (TPSA) is 21.7 Å². The molecule has 2 aromatic carbocycles. The molecule has 2 heterocycles. The zero-order valence-electron chi connectivity index (χ0n) is 16.7. The first-order valence-electron chi connectivity index (χ1n) is 10.1. The van der Waals surface area contributed by atoms with Crippen LogP contribution in [0.3, 0.4) is 0 Å². The third kappa shape index (κ3) is 3.52. The maximum atomic E-state index is 7.27. The van der Waals surface area contributed by atoms with Gasteiger partial charge in [0.2, 0.25) is 0 Å². The highest BCUT2D eigenvalue weighted by atomic mass is 28.4. The third-order valence-corrected chi connectivity index (χ3v) is 11.2. The van der Waals surface area contributed by atoms with Gasteiger partial charge in [-0.15, -0.1) is 0 Å². The van der Waals surface area contributed by atoms with Crippen LogP contribution in [0.4, 0.5) is 0 Å². The van der Waals surface area contributed by atoms with Gasteiger partial charge in [0.15, 0.2) is 0 Å². The predicted molar refractivity (Wildman–Crippen MR) is 113 cm³/mol. The fourth-order valence-electron chi connectivity index (χ4n) is 4.81. The van der Waals surface area contributed by atoms with Gasteiger partial charge in [0.25, 0.3) is 8.32 Å². The number of fused-ring (bicyclic) bond motifs is 1. The van der Waals surface area contributed by atoms with Crippen molar-refractivity contribution in [3.05, 3.63) is 60.7 Å². The number of morpholine rings is 1. The Bertz CT molecular complexity index is 690. The Morgan fingerprint density at radius 3 is 2.07 bits per heavy atom. The van der Waals surface area contributed by atoms with Gasteiger partial charge >= 0.3 is 0 Å². The number of hydrogen-bond acceptors (Lipinski definition) is 3. The van der Waals surface area contributed by atoms with Crippen molar-refractivity contribution in [2.24, 2.45) is 0 Å². The predicted octanol–water partition coefficient (Wildman–Crippen LogP) is 3.04. The molecule has 4 rings (SSSR count). The van der Waals surface area contributed by atoms with E-state index in [1.54, 1.807) is 0 Å². The lowest BCUT2D eigenvalue weighted by Crippen LogP contribution is -2.67. The fourth-order valence-corrected chi connectivity index (χ4v) is 9.50. The van der Waals surface area contributed by atoms with E-state index in [-0.39, 0.29) is 11.1 Å². The lowest BCUT2D eigenvalue weighted by molar-refractivity contribution is 0.0126. The van der Waals surface area contributed by atoms with Crippen LogP contribution in [0.25, 0.3) is 0 Å². The van der Waals surface area contributed by atoms with Gasteiger partial charge in [-0.2, -0.15) is 0 Å². The molecule has 0 aromatic heterocycles. The van der Waals surface area contributed by atoms with Crippen molar-refractivity contribution in [2.45, 2.75) is 44.4 Å². The molecule has 0 unspecified atom stereocenters. The molecule has 2 fully saturated rings. The van der Waals surface area contributed by atoms with Gasteiger partial charge in [-0.25, -0.2) is 0 Å². The first-order chi connectivity index (χ1) is 13.0. The van der Waals surface area contributed by atoms with Gasteiger partial charge in [0.1, 0.15) is 0 Å². The molecule has 27 heavy (non-hydrogen) atoms.